The van der Waals surface area contributed by atoms with Crippen LogP contribution in [0.3, 0.4) is 0 Å². The van der Waals surface area contributed by atoms with Crippen LogP contribution in [0.2, 0.25) is 0 Å². The molecule has 1 aromatic heterocycles. The Balaban J connectivity index is 2.14. The maximum Gasteiger partial charge on any atom is 0.255 e. The molecular formula is C14H20N2O2. The van der Waals surface area contributed by atoms with Crippen molar-refractivity contribution in [3.05, 3.63) is 24.0 Å². The van der Waals surface area contributed by atoms with E-state index in [1.807, 2.05) is 11.8 Å². The second-order valence-electron chi connectivity index (χ2n) is 4.69. The summed E-state index contributed by atoms with van der Waals surface area (Å²) < 4.78 is 5.38. The summed E-state index contributed by atoms with van der Waals surface area (Å²) in [6, 6.07) is 2.10. The van der Waals surface area contributed by atoms with Crippen LogP contribution in [0.1, 0.15) is 43.5 Å². The van der Waals surface area contributed by atoms with E-state index in [2.05, 4.69) is 11.9 Å². The minimum Gasteiger partial charge on any atom is -0.492 e. The van der Waals surface area contributed by atoms with Gasteiger partial charge in [-0.1, -0.05) is 0 Å². The van der Waals surface area contributed by atoms with Gasteiger partial charge >= 0.3 is 0 Å². The van der Waals surface area contributed by atoms with E-state index in [-0.39, 0.29) is 5.91 Å². The molecule has 98 valence electrons. The van der Waals surface area contributed by atoms with Crippen molar-refractivity contribution in [1.29, 1.82) is 0 Å². The van der Waals surface area contributed by atoms with Crippen molar-refractivity contribution in [2.45, 2.75) is 39.2 Å². The second-order valence-corrected chi connectivity index (χ2v) is 4.69. The summed E-state index contributed by atoms with van der Waals surface area (Å²) in [5.74, 6) is 0.726. The Hall–Kier alpha value is -1.58. The van der Waals surface area contributed by atoms with E-state index in [1.165, 1.54) is 6.42 Å². The first-order chi connectivity index (χ1) is 8.72. The number of hydrogen-bond donors (Lipinski definition) is 0. The van der Waals surface area contributed by atoms with Gasteiger partial charge in [0.05, 0.1) is 18.4 Å². The molecule has 1 saturated heterocycles. The third kappa shape index (κ3) is 2.81. The van der Waals surface area contributed by atoms with Crippen molar-refractivity contribution in [2.75, 3.05) is 13.2 Å². The molecule has 0 N–H and O–H groups in total. The summed E-state index contributed by atoms with van der Waals surface area (Å²) in [5.41, 5.74) is 0.620. The molecule has 4 nitrogen and oxygen atoms in total. The minimum atomic E-state index is 0.0660. The number of amides is 1. The average molecular weight is 248 g/mol. The van der Waals surface area contributed by atoms with Crippen LogP contribution in [0.4, 0.5) is 0 Å². The lowest BCUT2D eigenvalue weighted by molar-refractivity contribution is 0.0634. The van der Waals surface area contributed by atoms with Crippen LogP contribution in [0, 0.1) is 0 Å². The summed E-state index contributed by atoms with van der Waals surface area (Å²) >= 11 is 0. The summed E-state index contributed by atoms with van der Waals surface area (Å²) in [5, 5.41) is 0. The molecule has 0 bridgehead atoms. The highest BCUT2D eigenvalue weighted by atomic mass is 16.5. The molecule has 1 unspecified atom stereocenters. The zero-order chi connectivity index (χ0) is 13.0. The van der Waals surface area contributed by atoms with Crippen LogP contribution in [0.15, 0.2) is 18.5 Å². The zero-order valence-corrected chi connectivity index (χ0v) is 11.1. The molecule has 18 heavy (non-hydrogen) atoms. The number of hydrogen-bond acceptors (Lipinski definition) is 3. The highest BCUT2D eigenvalue weighted by molar-refractivity contribution is 5.94. The number of carbonyl (C=O) groups excluding carboxylic acids is 1. The van der Waals surface area contributed by atoms with Crippen LogP contribution in [-0.4, -0.2) is 35.0 Å². The SMILES string of the molecule is CCOc1cncc(C(=O)N2CCCCC2C)c1. The Morgan fingerprint density at radius 3 is 3.06 bits per heavy atom. The molecule has 1 aromatic rings. The summed E-state index contributed by atoms with van der Waals surface area (Å²) in [6.45, 7) is 5.45. The predicted molar refractivity (Wildman–Crippen MR) is 69.8 cm³/mol. The summed E-state index contributed by atoms with van der Waals surface area (Å²) in [4.78, 5) is 18.4. The lowest BCUT2D eigenvalue weighted by atomic mass is 10.0. The van der Waals surface area contributed by atoms with Crippen molar-refractivity contribution in [2.24, 2.45) is 0 Å². The molecule has 0 radical (unpaired) electrons. The largest absolute Gasteiger partial charge is 0.492 e. The monoisotopic (exact) mass is 248 g/mol. The van der Waals surface area contributed by atoms with Crippen LogP contribution >= 0.6 is 0 Å². The highest BCUT2D eigenvalue weighted by Crippen LogP contribution is 2.20. The van der Waals surface area contributed by atoms with Crippen molar-refractivity contribution in [1.82, 2.24) is 9.88 Å². The molecule has 4 heteroatoms. The van der Waals surface area contributed by atoms with Gasteiger partial charge in [0.25, 0.3) is 5.91 Å². The van der Waals surface area contributed by atoms with Gasteiger partial charge < -0.3 is 9.64 Å². The van der Waals surface area contributed by atoms with Gasteiger partial charge in [0.15, 0.2) is 0 Å². The van der Waals surface area contributed by atoms with E-state index in [9.17, 15) is 4.79 Å². The molecule has 1 fully saturated rings. The fraction of sp³-hybridized carbons (Fsp3) is 0.571. The number of likely N-dealkylation sites (tertiary alicyclic amines) is 1. The third-order valence-electron chi connectivity index (χ3n) is 3.33. The maximum absolute atomic E-state index is 12.4. The van der Waals surface area contributed by atoms with Crippen LogP contribution in [-0.2, 0) is 0 Å². The number of rotatable bonds is 3. The molecule has 1 aliphatic rings. The van der Waals surface area contributed by atoms with Crippen LogP contribution < -0.4 is 4.74 Å². The van der Waals surface area contributed by atoms with Crippen LogP contribution in [0.25, 0.3) is 0 Å². The Morgan fingerprint density at radius 2 is 2.33 bits per heavy atom. The third-order valence-corrected chi connectivity index (χ3v) is 3.33. The van der Waals surface area contributed by atoms with E-state index in [1.54, 1.807) is 18.5 Å². The standard InChI is InChI=1S/C14H20N2O2/c1-3-18-13-8-12(9-15-10-13)14(17)16-7-5-4-6-11(16)2/h8-11H,3-7H2,1-2H3. The van der Waals surface area contributed by atoms with Crippen LogP contribution in [0.5, 0.6) is 5.75 Å². The Morgan fingerprint density at radius 1 is 1.50 bits per heavy atom. The molecular weight excluding hydrogens is 228 g/mol. The van der Waals surface area contributed by atoms with Crippen molar-refractivity contribution in [3.8, 4) is 5.75 Å². The highest BCUT2D eigenvalue weighted by Gasteiger charge is 2.24. The van der Waals surface area contributed by atoms with E-state index in [0.717, 1.165) is 19.4 Å². The molecule has 1 atom stereocenters. The topological polar surface area (TPSA) is 42.4 Å². The van der Waals surface area contributed by atoms with Crippen molar-refractivity contribution >= 4 is 5.91 Å². The lowest BCUT2D eigenvalue weighted by Crippen LogP contribution is -2.42. The van der Waals surface area contributed by atoms with E-state index < -0.39 is 0 Å². The zero-order valence-electron chi connectivity index (χ0n) is 11.1. The minimum absolute atomic E-state index is 0.0660. The number of ether oxygens (including phenoxy) is 1. The van der Waals surface area contributed by atoms with Gasteiger partial charge in [-0.05, 0) is 39.2 Å². The molecule has 1 aliphatic heterocycles. The molecule has 2 rings (SSSR count). The fourth-order valence-electron chi connectivity index (χ4n) is 2.35. The first-order valence-corrected chi connectivity index (χ1v) is 6.61. The normalized spacial score (nSPS) is 19.7. The lowest BCUT2D eigenvalue weighted by Gasteiger charge is -2.33. The molecule has 0 spiro atoms. The predicted octanol–water partition coefficient (Wildman–Crippen LogP) is 2.49. The summed E-state index contributed by atoms with van der Waals surface area (Å²) in [7, 11) is 0. The van der Waals surface area contributed by atoms with Gasteiger partial charge in [0, 0.05) is 18.8 Å². The van der Waals surface area contributed by atoms with Gasteiger partial charge in [0.1, 0.15) is 5.75 Å². The van der Waals surface area contributed by atoms with Crippen molar-refractivity contribution < 1.29 is 9.53 Å². The van der Waals surface area contributed by atoms with Gasteiger partial charge in [0.2, 0.25) is 0 Å². The number of aromatic nitrogens is 1. The Labute approximate surface area is 108 Å². The van der Waals surface area contributed by atoms with E-state index >= 15 is 0 Å². The maximum atomic E-state index is 12.4. The molecule has 0 saturated carbocycles. The molecule has 1 amide bonds. The number of nitrogens with zero attached hydrogens (tertiary/aromatic N) is 2. The first-order valence-electron chi connectivity index (χ1n) is 6.61. The van der Waals surface area contributed by atoms with Gasteiger partial charge in [-0.25, -0.2) is 0 Å². The fourth-order valence-corrected chi connectivity index (χ4v) is 2.35. The summed E-state index contributed by atoms with van der Waals surface area (Å²) in [6.07, 6.45) is 6.65. The number of carbonyl (C=O) groups is 1. The van der Waals surface area contributed by atoms with Gasteiger partial charge in [-0.3, -0.25) is 9.78 Å². The van der Waals surface area contributed by atoms with Gasteiger partial charge in [-0.15, -0.1) is 0 Å². The van der Waals surface area contributed by atoms with Crippen molar-refractivity contribution in [3.63, 3.8) is 0 Å². The first kappa shape index (κ1) is 12.9. The Kier molecular flexibility index (Phi) is 4.18. The average Bonchev–Trinajstić information content (AvgIpc) is 2.39. The molecule has 2 heterocycles. The van der Waals surface area contributed by atoms with E-state index in [4.69, 9.17) is 4.74 Å². The van der Waals surface area contributed by atoms with E-state index in [0.29, 0.717) is 24.0 Å². The second kappa shape index (κ2) is 5.85. The molecule has 0 aromatic carbocycles. The molecule has 0 aliphatic carbocycles. The smallest absolute Gasteiger partial charge is 0.255 e. The van der Waals surface area contributed by atoms with Gasteiger partial charge in [-0.2, -0.15) is 0 Å². The Bertz CT molecular complexity index is 420. The number of pyridine rings is 1. The number of piperidine rings is 1. The quantitative estimate of drug-likeness (QED) is 0.825.